The van der Waals surface area contributed by atoms with Crippen molar-refractivity contribution in [3.05, 3.63) is 95.1 Å². The second kappa shape index (κ2) is 11.7. The van der Waals surface area contributed by atoms with E-state index in [1.54, 1.807) is 6.20 Å². The molecule has 1 aromatic heterocycles. The molecule has 5 rings (SSSR count). The number of rotatable bonds is 5. The first-order valence-electron chi connectivity index (χ1n) is 11.7. The molecule has 3 N–H and O–H groups in total. The molecule has 2 atom stereocenters. The van der Waals surface area contributed by atoms with Gasteiger partial charge in [0.15, 0.2) is 0 Å². The van der Waals surface area contributed by atoms with Crippen molar-refractivity contribution in [2.45, 2.75) is 18.6 Å². The predicted octanol–water partition coefficient (Wildman–Crippen LogP) is 5.70. The molecule has 0 saturated carbocycles. The van der Waals surface area contributed by atoms with Crippen LogP contribution in [-0.2, 0) is 16.1 Å². The predicted molar refractivity (Wildman–Crippen MR) is 138 cm³/mol. The number of likely N-dealkylation sites (tertiary alicyclic amines) is 1. The number of carboxylic acid groups (broad SMARTS) is 1. The summed E-state index contributed by atoms with van der Waals surface area (Å²) in [6.45, 7) is 2.34. The van der Waals surface area contributed by atoms with Crippen LogP contribution in [0, 0.1) is 5.92 Å². The Labute approximate surface area is 221 Å². The van der Waals surface area contributed by atoms with Crippen molar-refractivity contribution in [2.75, 3.05) is 18.4 Å². The largest absolute Gasteiger partial charge is 0.490 e. The number of nitrogens with zero attached hydrogens (tertiary/aromatic N) is 2. The summed E-state index contributed by atoms with van der Waals surface area (Å²) >= 11 is 6.27. The highest BCUT2D eigenvalue weighted by atomic mass is 35.5. The Hall–Kier alpha value is -3.89. The van der Waals surface area contributed by atoms with Crippen LogP contribution in [0.5, 0.6) is 0 Å². The summed E-state index contributed by atoms with van der Waals surface area (Å²) in [6.07, 6.45) is -3.32. The van der Waals surface area contributed by atoms with E-state index in [0.29, 0.717) is 11.6 Å². The van der Waals surface area contributed by atoms with Crippen LogP contribution >= 0.6 is 11.6 Å². The van der Waals surface area contributed by atoms with Gasteiger partial charge in [-0.25, -0.2) is 4.79 Å². The van der Waals surface area contributed by atoms with E-state index >= 15 is 0 Å². The summed E-state index contributed by atoms with van der Waals surface area (Å²) in [7, 11) is 0. The van der Waals surface area contributed by atoms with Crippen molar-refractivity contribution in [2.24, 2.45) is 5.92 Å². The van der Waals surface area contributed by atoms with Gasteiger partial charge in [0.25, 0.3) is 0 Å². The average Bonchev–Trinajstić information content (AvgIpc) is 3.51. The van der Waals surface area contributed by atoms with Crippen LogP contribution in [0.3, 0.4) is 0 Å². The third kappa shape index (κ3) is 6.90. The number of benzene rings is 3. The number of halogens is 4. The van der Waals surface area contributed by atoms with Crippen LogP contribution in [-0.4, -0.2) is 51.3 Å². The lowest BCUT2D eigenvalue weighted by Gasteiger charge is -2.19. The van der Waals surface area contributed by atoms with Gasteiger partial charge in [0.05, 0.1) is 17.6 Å². The molecule has 0 spiro atoms. The van der Waals surface area contributed by atoms with Crippen molar-refractivity contribution in [3.8, 4) is 0 Å². The molecule has 4 aromatic rings. The number of amides is 1. The highest BCUT2D eigenvalue weighted by Crippen LogP contribution is 2.35. The van der Waals surface area contributed by atoms with Gasteiger partial charge in [0.1, 0.15) is 0 Å². The van der Waals surface area contributed by atoms with Crippen LogP contribution in [0.2, 0.25) is 5.02 Å². The summed E-state index contributed by atoms with van der Waals surface area (Å²) in [5.41, 5.74) is 4.09. The van der Waals surface area contributed by atoms with E-state index in [1.165, 1.54) is 5.56 Å². The number of carbonyl (C=O) groups excluding carboxylic acids is 1. The first-order valence-corrected chi connectivity index (χ1v) is 12.0. The Morgan fingerprint density at radius 2 is 1.79 bits per heavy atom. The smallest absolute Gasteiger partial charge is 0.475 e. The molecule has 198 valence electrons. The number of alkyl halides is 3. The lowest BCUT2D eigenvalue weighted by molar-refractivity contribution is -0.192. The third-order valence-electron chi connectivity index (χ3n) is 6.21. The van der Waals surface area contributed by atoms with Gasteiger partial charge in [-0.2, -0.15) is 18.3 Å². The standard InChI is InChI=1S/C25H23ClN4O.C2HF3O2/c26-20-8-4-7-18(11-20)22-15-30(14-17-5-2-1-3-6-17)16-23(22)25(31)28-21-9-10-24-19(12-21)13-27-29-24;3-2(4,5)1(6)7/h1-13,22-23H,14-16H2,(H,27,29)(H,28,31);(H,6,7). The Morgan fingerprint density at radius 3 is 2.47 bits per heavy atom. The molecule has 1 fully saturated rings. The van der Waals surface area contributed by atoms with Gasteiger partial charge in [-0.15, -0.1) is 0 Å². The van der Waals surface area contributed by atoms with Crippen molar-refractivity contribution < 1.29 is 27.9 Å². The van der Waals surface area contributed by atoms with E-state index in [4.69, 9.17) is 21.5 Å². The van der Waals surface area contributed by atoms with E-state index in [2.05, 4.69) is 50.7 Å². The lowest BCUT2D eigenvalue weighted by atomic mass is 9.88. The molecule has 0 aliphatic carbocycles. The highest BCUT2D eigenvalue weighted by molar-refractivity contribution is 6.30. The Bertz CT molecular complexity index is 1410. The van der Waals surface area contributed by atoms with Crippen molar-refractivity contribution in [1.29, 1.82) is 0 Å². The van der Waals surface area contributed by atoms with E-state index in [-0.39, 0.29) is 17.7 Å². The molecular formula is C27H24ClF3N4O3. The average molecular weight is 545 g/mol. The fraction of sp³-hybridized carbons (Fsp3) is 0.222. The maximum absolute atomic E-state index is 13.4. The highest BCUT2D eigenvalue weighted by Gasteiger charge is 2.39. The molecule has 11 heteroatoms. The minimum Gasteiger partial charge on any atom is -0.475 e. The minimum atomic E-state index is -5.08. The number of carbonyl (C=O) groups is 2. The van der Waals surface area contributed by atoms with Crippen molar-refractivity contribution >= 4 is 40.1 Å². The normalized spacial score (nSPS) is 17.6. The number of hydrogen-bond acceptors (Lipinski definition) is 4. The van der Waals surface area contributed by atoms with Crippen LogP contribution in [0.15, 0.2) is 79.0 Å². The molecule has 1 saturated heterocycles. The van der Waals surface area contributed by atoms with Crippen LogP contribution in [0.4, 0.5) is 18.9 Å². The first kappa shape index (κ1) is 27.2. The molecule has 3 aromatic carbocycles. The minimum absolute atomic E-state index is 0.0309. The van der Waals surface area contributed by atoms with Crippen molar-refractivity contribution in [3.63, 3.8) is 0 Å². The topological polar surface area (TPSA) is 98.3 Å². The Morgan fingerprint density at radius 1 is 1.05 bits per heavy atom. The maximum atomic E-state index is 13.4. The van der Waals surface area contributed by atoms with Gasteiger partial charge in [-0.05, 0) is 41.5 Å². The fourth-order valence-electron chi connectivity index (χ4n) is 4.45. The molecular weight excluding hydrogens is 521 g/mol. The summed E-state index contributed by atoms with van der Waals surface area (Å²) in [4.78, 5) is 24.6. The number of aliphatic carboxylic acids is 1. The van der Waals surface area contributed by atoms with Gasteiger partial charge in [0.2, 0.25) is 5.91 Å². The molecule has 2 unspecified atom stereocenters. The monoisotopic (exact) mass is 544 g/mol. The number of carboxylic acids is 1. The molecule has 0 bridgehead atoms. The molecule has 1 amide bonds. The molecule has 2 heterocycles. The van der Waals surface area contributed by atoms with Crippen molar-refractivity contribution in [1.82, 2.24) is 15.1 Å². The Balaban J connectivity index is 0.000000426. The van der Waals surface area contributed by atoms with Gasteiger partial charge in [0, 0.05) is 41.6 Å². The maximum Gasteiger partial charge on any atom is 0.490 e. The fourth-order valence-corrected chi connectivity index (χ4v) is 4.65. The summed E-state index contributed by atoms with van der Waals surface area (Å²) < 4.78 is 31.7. The lowest BCUT2D eigenvalue weighted by Crippen LogP contribution is -2.28. The van der Waals surface area contributed by atoms with E-state index in [0.717, 1.165) is 35.2 Å². The van der Waals surface area contributed by atoms with Crippen LogP contribution in [0.1, 0.15) is 17.0 Å². The number of anilines is 1. The molecule has 1 aliphatic rings. The summed E-state index contributed by atoms with van der Waals surface area (Å²) in [6, 6.07) is 24.0. The van der Waals surface area contributed by atoms with Crippen LogP contribution < -0.4 is 5.32 Å². The van der Waals surface area contributed by atoms with E-state index < -0.39 is 12.1 Å². The summed E-state index contributed by atoms with van der Waals surface area (Å²) in [5.74, 6) is -2.81. The van der Waals surface area contributed by atoms with Gasteiger partial charge >= 0.3 is 12.1 Å². The number of fused-ring (bicyclic) bond motifs is 1. The SMILES string of the molecule is O=C(Nc1ccc2[nH]ncc2c1)C1CN(Cc2ccccc2)CC1c1cccc(Cl)c1.O=C(O)C(F)(F)F. The van der Waals surface area contributed by atoms with Gasteiger partial charge in [-0.1, -0.05) is 54.1 Å². The first-order chi connectivity index (χ1) is 18.1. The number of aromatic amines is 1. The number of aromatic nitrogens is 2. The second-order valence-electron chi connectivity index (χ2n) is 8.91. The quantitative estimate of drug-likeness (QED) is 0.299. The zero-order valence-electron chi connectivity index (χ0n) is 20.0. The molecule has 1 aliphatic heterocycles. The second-order valence-corrected chi connectivity index (χ2v) is 9.35. The molecule has 7 nitrogen and oxygen atoms in total. The number of nitrogens with one attached hydrogen (secondary N) is 2. The third-order valence-corrected chi connectivity index (χ3v) is 6.44. The summed E-state index contributed by atoms with van der Waals surface area (Å²) in [5, 5.41) is 18.9. The van der Waals surface area contributed by atoms with Gasteiger partial charge in [-0.3, -0.25) is 14.8 Å². The zero-order chi connectivity index (χ0) is 27.3. The van der Waals surface area contributed by atoms with Crippen LogP contribution in [0.25, 0.3) is 10.9 Å². The van der Waals surface area contributed by atoms with E-state index in [1.807, 2.05) is 42.5 Å². The Kier molecular flexibility index (Phi) is 8.33. The zero-order valence-corrected chi connectivity index (χ0v) is 20.7. The molecule has 0 radical (unpaired) electrons. The molecule has 38 heavy (non-hydrogen) atoms. The number of H-pyrrole nitrogens is 1. The van der Waals surface area contributed by atoms with E-state index in [9.17, 15) is 18.0 Å². The van der Waals surface area contributed by atoms with Gasteiger partial charge < -0.3 is 10.4 Å². The number of hydrogen-bond donors (Lipinski definition) is 3.